The number of hydrogen-bond acceptors (Lipinski definition) is 4. The van der Waals surface area contributed by atoms with Gasteiger partial charge in [0.1, 0.15) is 23.1 Å². The number of carboxylic acids is 1. The summed E-state index contributed by atoms with van der Waals surface area (Å²) in [5, 5.41) is 19.8. The fourth-order valence-corrected chi connectivity index (χ4v) is 3.73. The van der Waals surface area contributed by atoms with E-state index in [1.165, 1.54) is 30.3 Å². The largest absolute Gasteiger partial charge is 0.477 e. The van der Waals surface area contributed by atoms with E-state index in [4.69, 9.17) is 4.74 Å². The van der Waals surface area contributed by atoms with Crippen molar-refractivity contribution in [3.8, 4) is 34.5 Å². The van der Waals surface area contributed by atoms with Gasteiger partial charge in [-0.15, -0.1) is 0 Å². The number of aromatic nitrogens is 2. The summed E-state index contributed by atoms with van der Waals surface area (Å²) in [4.78, 5) is 16.1. The Balaban J connectivity index is 1.53. The number of nitriles is 1. The molecule has 0 aliphatic heterocycles. The number of carboxylic acid groups (broad SMARTS) is 1. The SMILES string of the molecule is N#Cc1cccc2c1ccn2-c1cc(-c2ccc(Oc3ccc(F)cc3)cc2)cc(C(=O)O)n1. The highest BCUT2D eigenvalue weighted by Crippen LogP contribution is 2.29. The molecule has 5 rings (SSSR count). The molecule has 0 aliphatic rings. The zero-order chi connectivity index (χ0) is 23.7. The van der Waals surface area contributed by atoms with Gasteiger partial charge in [-0.25, -0.2) is 14.2 Å². The van der Waals surface area contributed by atoms with E-state index < -0.39 is 5.97 Å². The van der Waals surface area contributed by atoms with Gasteiger partial charge in [-0.2, -0.15) is 5.26 Å². The minimum atomic E-state index is -1.14. The van der Waals surface area contributed by atoms with Crippen LogP contribution in [-0.2, 0) is 0 Å². The molecule has 6 nitrogen and oxygen atoms in total. The normalized spacial score (nSPS) is 10.7. The average molecular weight is 449 g/mol. The quantitative estimate of drug-likeness (QED) is 0.345. The zero-order valence-electron chi connectivity index (χ0n) is 17.6. The Morgan fingerprint density at radius 1 is 0.941 bits per heavy atom. The Hall–Kier alpha value is -4.96. The van der Waals surface area contributed by atoms with E-state index in [1.54, 1.807) is 41.1 Å². The number of carbonyl (C=O) groups is 1. The predicted octanol–water partition coefficient (Wildman–Crippen LogP) is 6.19. The molecule has 34 heavy (non-hydrogen) atoms. The van der Waals surface area contributed by atoms with Crippen molar-refractivity contribution < 1.29 is 19.0 Å². The van der Waals surface area contributed by atoms with E-state index in [-0.39, 0.29) is 11.5 Å². The van der Waals surface area contributed by atoms with E-state index >= 15 is 0 Å². The van der Waals surface area contributed by atoms with E-state index in [1.807, 2.05) is 24.3 Å². The van der Waals surface area contributed by atoms with Crippen LogP contribution in [0.1, 0.15) is 16.1 Å². The highest BCUT2D eigenvalue weighted by Gasteiger charge is 2.14. The first kappa shape index (κ1) is 20.9. The van der Waals surface area contributed by atoms with Crippen LogP contribution in [-0.4, -0.2) is 20.6 Å². The van der Waals surface area contributed by atoms with Gasteiger partial charge < -0.3 is 14.4 Å². The lowest BCUT2D eigenvalue weighted by Gasteiger charge is -2.11. The first-order valence-corrected chi connectivity index (χ1v) is 10.3. The van der Waals surface area contributed by atoms with Crippen LogP contribution >= 0.6 is 0 Å². The molecular formula is C27H16FN3O3. The number of fused-ring (bicyclic) bond motifs is 1. The molecule has 0 atom stereocenters. The van der Waals surface area contributed by atoms with Gasteiger partial charge in [-0.05, 0) is 77.9 Å². The lowest BCUT2D eigenvalue weighted by molar-refractivity contribution is 0.0690. The number of pyridine rings is 1. The fraction of sp³-hybridized carbons (Fsp3) is 0. The lowest BCUT2D eigenvalue weighted by atomic mass is 10.1. The first-order valence-electron chi connectivity index (χ1n) is 10.3. The third kappa shape index (κ3) is 3.96. The molecule has 0 spiro atoms. The third-order valence-electron chi connectivity index (χ3n) is 5.37. The minimum Gasteiger partial charge on any atom is -0.477 e. The van der Waals surface area contributed by atoms with Gasteiger partial charge in [-0.1, -0.05) is 18.2 Å². The van der Waals surface area contributed by atoms with E-state index in [9.17, 15) is 19.6 Å². The summed E-state index contributed by atoms with van der Waals surface area (Å²) in [6, 6.07) is 25.5. The van der Waals surface area contributed by atoms with Gasteiger partial charge in [0.25, 0.3) is 0 Å². The van der Waals surface area contributed by atoms with E-state index in [0.29, 0.717) is 28.4 Å². The molecule has 7 heteroatoms. The number of ether oxygens (including phenoxy) is 1. The molecule has 0 bridgehead atoms. The lowest BCUT2D eigenvalue weighted by Crippen LogP contribution is -2.05. The fourth-order valence-electron chi connectivity index (χ4n) is 3.73. The number of rotatable bonds is 5. The smallest absolute Gasteiger partial charge is 0.354 e. The standard InChI is InChI=1S/C27H16FN3O3/c28-20-6-10-22(11-7-20)34-21-8-4-17(5-9-21)19-14-24(27(32)33)30-26(15-19)31-13-12-23-18(16-29)2-1-3-25(23)31/h1-15H,(H,32,33). The molecule has 0 amide bonds. The molecule has 2 aromatic heterocycles. The summed E-state index contributed by atoms with van der Waals surface area (Å²) in [6.45, 7) is 0. The average Bonchev–Trinajstić information content (AvgIpc) is 3.30. The van der Waals surface area contributed by atoms with Crippen molar-refractivity contribution in [1.82, 2.24) is 9.55 Å². The van der Waals surface area contributed by atoms with Crippen molar-refractivity contribution in [1.29, 1.82) is 5.26 Å². The van der Waals surface area contributed by atoms with Crippen LogP contribution < -0.4 is 4.74 Å². The maximum atomic E-state index is 13.1. The molecule has 0 fully saturated rings. The predicted molar refractivity (Wildman–Crippen MR) is 125 cm³/mol. The highest BCUT2D eigenvalue weighted by atomic mass is 19.1. The minimum absolute atomic E-state index is 0.0996. The second kappa shape index (κ2) is 8.52. The molecule has 0 radical (unpaired) electrons. The summed E-state index contributed by atoms with van der Waals surface area (Å²) < 4.78 is 20.6. The van der Waals surface area contributed by atoms with Crippen LogP contribution in [0, 0.1) is 17.1 Å². The number of aromatic carboxylic acids is 1. The molecule has 0 aliphatic carbocycles. The van der Waals surface area contributed by atoms with Crippen LogP contribution in [0.5, 0.6) is 11.5 Å². The summed E-state index contributed by atoms with van der Waals surface area (Å²) in [5.74, 6) is -0.00169. The van der Waals surface area contributed by atoms with Gasteiger partial charge >= 0.3 is 5.97 Å². The Bertz CT molecular complexity index is 1570. The van der Waals surface area contributed by atoms with Crippen LogP contribution in [0.4, 0.5) is 4.39 Å². The van der Waals surface area contributed by atoms with Crippen molar-refractivity contribution in [2.45, 2.75) is 0 Å². The van der Waals surface area contributed by atoms with E-state index in [0.717, 1.165) is 16.5 Å². The monoisotopic (exact) mass is 449 g/mol. The van der Waals surface area contributed by atoms with Crippen LogP contribution in [0.15, 0.2) is 91.1 Å². The third-order valence-corrected chi connectivity index (χ3v) is 5.37. The summed E-state index contributed by atoms with van der Waals surface area (Å²) in [6.07, 6.45) is 1.77. The Morgan fingerprint density at radius 2 is 1.65 bits per heavy atom. The number of halogens is 1. The number of benzene rings is 3. The molecule has 1 N–H and O–H groups in total. The van der Waals surface area contributed by atoms with Crippen molar-refractivity contribution >= 4 is 16.9 Å². The second-order valence-electron chi connectivity index (χ2n) is 7.52. The molecule has 164 valence electrons. The van der Waals surface area contributed by atoms with Crippen molar-refractivity contribution in [3.05, 3.63) is 108 Å². The molecule has 5 aromatic rings. The van der Waals surface area contributed by atoms with Crippen molar-refractivity contribution in [2.75, 3.05) is 0 Å². The highest BCUT2D eigenvalue weighted by molar-refractivity contribution is 5.89. The molecule has 3 aromatic carbocycles. The van der Waals surface area contributed by atoms with Crippen LogP contribution in [0.25, 0.3) is 27.8 Å². The van der Waals surface area contributed by atoms with Gasteiger partial charge in [0, 0.05) is 11.6 Å². The summed E-state index contributed by atoms with van der Waals surface area (Å²) >= 11 is 0. The molecule has 2 heterocycles. The van der Waals surface area contributed by atoms with Gasteiger partial charge in [0.05, 0.1) is 17.1 Å². The maximum Gasteiger partial charge on any atom is 0.354 e. The zero-order valence-corrected chi connectivity index (χ0v) is 17.6. The Morgan fingerprint density at radius 3 is 2.32 bits per heavy atom. The Kier molecular flexibility index (Phi) is 5.24. The van der Waals surface area contributed by atoms with Crippen LogP contribution in [0.2, 0.25) is 0 Å². The number of nitrogens with zero attached hydrogens (tertiary/aromatic N) is 3. The molecule has 0 saturated heterocycles. The summed E-state index contributed by atoms with van der Waals surface area (Å²) in [5.41, 5.74) is 2.61. The van der Waals surface area contributed by atoms with Gasteiger partial charge in [0.2, 0.25) is 0 Å². The molecule has 0 saturated carbocycles. The van der Waals surface area contributed by atoms with Gasteiger partial charge in [0.15, 0.2) is 5.69 Å². The van der Waals surface area contributed by atoms with Gasteiger partial charge in [-0.3, -0.25) is 0 Å². The molecule has 0 unspecified atom stereocenters. The van der Waals surface area contributed by atoms with E-state index in [2.05, 4.69) is 11.1 Å². The van der Waals surface area contributed by atoms with Crippen molar-refractivity contribution in [2.24, 2.45) is 0 Å². The summed E-state index contributed by atoms with van der Waals surface area (Å²) in [7, 11) is 0. The van der Waals surface area contributed by atoms with Crippen LogP contribution in [0.3, 0.4) is 0 Å². The molecular weight excluding hydrogens is 433 g/mol. The van der Waals surface area contributed by atoms with Crippen molar-refractivity contribution in [3.63, 3.8) is 0 Å². The topological polar surface area (TPSA) is 88.1 Å². The first-order chi connectivity index (χ1) is 16.5. The Labute approximate surface area is 193 Å². The maximum absolute atomic E-state index is 13.1. The number of hydrogen-bond donors (Lipinski definition) is 1. The second-order valence-corrected chi connectivity index (χ2v) is 7.52.